The molecule has 0 amide bonds. The highest BCUT2D eigenvalue weighted by atomic mass is 16.5. The minimum absolute atomic E-state index is 0.286. The van der Waals surface area contributed by atoms with Crippen LogP contribution in [0.2, 0.25) is 0 Å². The van der Waals surface area contributed by atoms with Crippen molar-refractivity contribution in [1.82, 2.24) is 5.32 Å². The highest BCUT2D eigenvalue weighted by Crippen LogP contribution is 2.17. The maximum absolute atomic E-state index is 11.7. The van der Waals surface area contributed by atoms with Gasteiger partial charge < -0.3 is 15.0 Å². The third kappa shape index (κ3) is 4.33. The number of carbonyl (C=O) groups is 1. The predicted octanol–water partition coefficient (Wildman–Crippen LogP) is 1.24. The molecule has 0 bridgehead atoms. The molecular formula is C15H22N2O2. The molecule has 1 saturated heterocycles. The Labute approximate surface area is 114 Å². The number of anilines is 1. The van der Waals surface area contributed by atoms with E-state index in [9.17, 15) is 4.79 Å². The number of carbonyl (C=O) groups excluding carboxylic acids is 1. The van der Waals surface area contributed by atoms with Crippen LogP contribution in [0.3, 0.4) is 0 Å². The summed E-state index contributed by atoms with van der Waals surface area (Å²) in [5.74, 6) is 0.286. The van der Waals surface area contributed by atoms with Crippen molar-refractivity contribution in [2.45, 2.75) is 12.8 Å². The lowest BCUT2D eigenvalue weighted by Crippen LogP contribution is -2.36. The van der Waals surface area contributed by atoms with Gasteiger partial charge in [0, 0.05) is 38.2 Å². The molecule has 2 rings (SSSR count). The van der Waals surface area contributed by atoms with E-state index in [-0.39, 0.29) is 5.78 Å². The largest absolute Gasteiger partial charge is 0.378 e. The number of rotatable bonds is 6. The summed E-state index contributed by atoms with van der Waals surface area (Å²) in [5.41, 5.74) is 2.31. The second-order valence-electron chi connectivity index (χ2n) is 4.83. The third-order valence-electron chi connectivity index (χ3n) is 3.37. The van der Waals surface area contributed by atoms with Crippen molar-refractivity contribution in [3.63, 3.8) is 0 Å². The van der Waals surface area contributed by atoms with Crippen LogP contribution in [0.4, 0.5) is 5.69 Å². The first-order chi connectivity index (χ1) is 9.29. The number of benzene rings is 1. The fourth-order valence-corrected chi connectivity index (χ4v) is 2.23. The highest BCUT2D eigenvalue weighted by Gasteiger charge is 2.11. The molecule has 104 valence electrons. The zero-order valence-corrected chi connectivity index (χ0v) is 11.5. The Morgan fingerprint density at radius 1 is 1.26 bits per heavy atom. The minimum Gasteiger partial charge on any atom is -0.378 e. The number of ether oxygens (including phenoxy) is 1. The van der Waals surface area contributed by atoms with Crippen LogP contribution in [-0.4, -0.2) is 45.7 Å². The average Bonchev–Trinajstić information content (AvgIpc) is 2.47. The lowest BCUT2D eigenvalue weighted by Gasteiger charge is -2.28. The molecule has 0 aliphatic carbocycles. The van der Waals surface area contributed by atoms with E-state index < -0.39 is 0 Å². The molecule has 1 N–H and O–H groups in total. The summed E-state index contributed by atoms with van der Waals surface area (Å²) >= 11 is 0. The SMILES string of the molecule is CNCCC(=O)Cc1ccc(N2CCOCC2)cc1. The van der Waals surface area contributed by atoms with Gasteiger partial charge >= 0.3 is 0 Å². The van der Waals surface area contributed by atoms with Gasteiger partial charge in [-0.25, -0.2) is 0 Å². The van der Waals surface area contributed by atoms with Crippen molar-refractivity contribution in [2.75, 3.05) is 44.8 Å². The lowest BCUT2D eigenvalue weighted by atomic mass is 10.1. The topological polar surface area (TPSA) is 41.6 Å². The quantitative estimate of drug-likeness (QED) is 0.837. The van der Waals surface area contributed by atoms with E-state index in [2.05, 4.69) is 34.5 Å². The molecule has 1 aromatic rings. The van der Waals surface area contributed by atoms with Crippen LogP contribution in [0, 0.1) is 0 Å². The van der Waals surface area contributed by atoms with E-state index in [1.165, 1.54) is 5.69 Å². The van der Waals surface area contributed by atoms with Crippen LogP contribution < -0.4 is 10.2 Å². The summed E-state index contributed by atoms with van der Waals surface area (Å²) < 4.78 is 5.34. The average molecular weight is 262 g/mol. The summed E-state index contributed by atoms with van der Waals surface area (Å²) in [7, 11) is 1.87. The molecule has 0 spiro atoms. The maximum Gasteiger partial charge on any atom is 0.138 e. The van der Waals surface area contributed by atoms with Gasteiger partial charge in [0.05, 0.1) is 13.2 Å². The van der Waals surface area contributed by atoms with E-state index in [4.69, 9.17) is 4.74 Å². The van der Waals surface area contributed by atoms with Crippen molar-refractivity contribution in [1.29, 1.82) is 0 Å². The van der Waals surface area contributed by atoms with Gasteiger partial charge in [0.2, 0.25) is 0 Å². The van der Waals surface area contributed by atoms with Gasteiger partial charge in [0.1, 0.15) is 5.78 Å². The number of Topliss-reactive ketones (excluding diaryl/α,β-unsaturated/α-hetero) is 1. The summed E-state index contributed by atoms with van der Waals surface area (Å²) in [6, 6.07) is 8.32. The monoisotopic (exact) mass is 262 g/mol. The van der Waals surface area contributed by atoms with Gasteiger partial charge in [0.25, 0.3) is 0 Å². The fourth-order valence-electron chi connectivity index (χ4n) is 2.23. The number of hydrogen-bond acceptors (Lipinski definition) is 4. The number of morpholine rings is 1. The van der Waals surface area contributed by atoms with Crippen LogP contribution in [0.15, 0.2) is 24.3 Å². The molecule has 1 aromatic carbocycles. The molecule has 0 radical (unpaired) electrons. The number of nitrogens with zero attached hydrogens (tertiary/aromatic N) is 1. The summed E-state index contributed by atoms with van der Waals surface area (Å²) in [5, 5.41) is 3.00. The molecule has 0 aromatic heterocycles. The van der Waals surface area contributed by atoms with Crippen LogP contribution in [0.5, 0.6) is 0 Å². The summed E-state index contributed by atoms with van der Waals surface area (Å²) in [6.45, 7) is 4.24. The van der Waals surface area contributed by atoms with Crippen molar-refractivity contribution in [2.24, 2.45) is 0 Å². The Balaban J connectivity index is 1.88. The first-order valence-electron chi connectivity index (χ1n) is 6.87. The van der Waals surface area contributed by atoms with Gasteiger partial charge in [-0.3, -0.25) is 4.79 Å². The van der Waals surface area contributed by atoms with Crippen molar-refractivity contribution >= 4 is 11.5 Å². The molecule has 1 fully saturated rings. The summed E-state index contributed by atoms with van der Waals surface area (Å²) in [6.07, 6.45) is 1.13. The van der Waals surface area contributed by atoms with Crippen LogP contribution in [0.1, 0.15) is 12.0 Å². The van der Waals surface area contributed by atoms with Gasteiger partial charge in [-0.2, -0.15) is 0 Å². The van der Waals surface area contributed by atoms with Gasteiger partial charge in [-0.05, 0) is 24.7 Å². The molecular weight excluding hydrogens is 240 g/mol. The third-order valence-corrected chi connectivity index (χ3v) is 3.37. The molecule has 0 unspecified atom stereocenters. The molecule has 19 heavy (non-hydrogen) atoms. The Morgan fingerprint density at radius 2 is 1.95 bits per heavy atom. The first-order valence-corrected chi connectivity index (χ1v) is 6.87. The molecule has 1 heterocycles. The van der Waals surface area contributed by atoms with E-state index in [0.29, 0.717) is 12.8 Å². The molecule has 1 aliphatic heterocycles. The van der Waals surface area contributed by atoms with Crippen LogP contribution in [-0.2, 0) is 16.0 Å². The Bertz CT molecular complexity index is 397. The maximum atomic E-state index is 11.7. The van der Waals surface area contributed by atoms with Crippen LogP contribution in [0.25, 0.3) is 0 Å². The molecule has 4 nitrogen and oxygen atoms in total. The molecule has 0 saturated carbocycles. The van der Waals surface area contributed by atoms with E-state index in [1.807, 2.05) is 7.05 Å². The lowest BCUT2D eigenvalue weighted by molar-refractivity contribution is -0.118. The Hall–Kier alpha value is -1.39. The van der Waals surface area contributed by atoms with Gasteiger partial charge in [-0.15, -0.1) is 0 Å². The molecule has 0 atom stereocenters. The minimum atomic E-state index is 0.286. The Morgan fingerprint density at radius 3 is 2.58 bits per heavy atom. The predicted molar refractivity (Wildman–Crippen MR) is 76.7 cm³/mol. The highest BCUT2D eigenvalue weighted by molar-refractivity contribution is 5.81. The number of hydrogen-bond donors (Lipinski definition) is 1. The van der Waals surface area contributed by atoms with E-state index in [0.717, 1.165) is 38.4 Å². The standard InChI is InChI=1S/C15H22N2O2/c1-16-7-6-15(18)12-13-2-4-14(5-3-13)17-8-10-19-11-9-17/h2-5,16H,6-12H2,1H3. The van der Waals surface area contributed by atoms with E-state index in [1.54, 1.807) is 0 Å². The van der Waals surface area contributed by atoms with Crippen molar-refractivity contribution in [3.05, 3.63) is 29.8 Å². The van der Waals surface area contributed by atoms with Crippen molar-refractivity contribution < 1.29 is 9.53 Å². The van der Waals surface area contributed by atoms with Crippen molar-refractivity contribution in [3.8, 4) is 0 Å². The fraction of sp³-hybridized carbons (Fsp3) is 0.533. The zero-order chi connectivity index (χ0) is 13.5. The molecule has 4 heteroatoms. The molecule has 1 aliphatic rings. The smallest absolute Gasteiger partial charge is 0.138 e. The zero-order valence-electron chi connectivity index (χ0n) is 11.5. The van der Waals surface area contributed by atoms with Crippen LogP contribution >= 0.6 is 0 Å². The number of ketones is 1. The second-order valence-corrected chi connectivity index (χ2v) is 4.83. The first kappa shape index (κ1) is 14.0. The Kier molecular flexibility index (Phi) is 5.36. The van der Waals surface area contributed by atoms with Gasteiger partial charge in [0.15, 0.2) is 0 Å². The van der Waals surface area contributed by atoms with E-state index >= 15 is 0 Å². The normalized spacial score (nSPS) is 15.5. The second kappa shape index (κ2) is 7.26. The summed E-state index contributed by atoms with van der Waals surface area (Å²) in [4.78, 5) is 14.0. The number of nitrogens with one attached hydrogen (secondary N) is 1. The van der Waals surface area contributed by atoms with Gasteiger partial charge in [-0.1, -0.05) is 12.1 Å².